The second-order valence-corrected chi connectivity index (χ2v) is 15.9. The van der Waals surface area contributed by atoms with Gasteiger partial charge in [-0.1, -0.05) is 178 Å². The van der Waals surface area contributed by atoms with Gasteiger partial charge in [0.25, 0.3) is 0 Å². The van der Waals surface area contributed by atoms with E-state index in [-0.39, 0.29) is 5.41 Å². The van der Waals surface area contributed by atoms with Crippen molar-refractivity contribution in [3.63, 3.8) is 0 Å². The first kappa shape index (κ1) is 31.4. The zero-order valence-electron chi connectivity index (χ0n) is 31.2. The minimum Gasteiger partial charge on any atom is -0.456 e. The molecule has 1 nitrogen and oxygen atoms in total. The number of benzene rings is 10. The van der Waals surface area contributed by atoms with E-state index >= 15 is 0 Å². The van der Waals surface area contributed by atoms with E-state index in [4.69, 9.17) is 4.42 Å². The van der Waals surface area contributed by atoms with Gasteiger partial charge < -0.3 is 4.42 Å². The standard InChI is InChI=1S/C55H36O/c1-55(2)47-30-25-35(32-46(47)44-27-24-34-26-31-49-53(51(34)54(44)55)45-22-12-13-23-48(45)56-49)36-28-29-43(38-17-7-6-16-37(36)38)52-41-20-10-8-18-39(41)50(33-14-4-3-5-15-33)40-19-9-11-21-42(40)52/h3-32H,1-2H3. The lowest BCUT2D eigenvalue weighted by Crippen LogP contribution is -2.15. The molecule has 0 saturated carbocycles. The Morgan fingerprint density at radius 3 is 1.62 bits per heavy atom. The predicted molar refractivity (Wildman–Crippen MR) is 238 cm³/mol. The van der Waals surface area contributed by atoms with Crippen LogP contribution in [0.1, 0.15) is 25.0 Å². The number of hydrogen-bond donors (Lipinski definition) is 0. The summed E-state index contributed by atoms with van der Waals surface area (Å²) in [5.41, 5.74) is 14.6. The molecule has 0 amide bonds. The number of hydrogen-bond acceptors (Lipinski definition) is 1. The highest BCUT2D eigenvalue weighted by Gasteiger charge is 2.38. The highest BCUT2D eigenvalue weighted by molar-refractivity contribution is 6.25. The maximum Gasteiger partial charge on any atom is 0.136 e. The third-order valence-corrected chi connectivity index (χ3v) is 12.6. The van der Waals surface area contributed by atoms with E-state index in [1.165, 1.54) is 109 Å². The van der Waals surface area contributed by atoms with Crippen LogP contribution in [0.2, 0.25) is 0 Å². The molecule has 10 aromatic carbocycles. The third kappa shape index (κ3) is 4.26. The first-order valence-electron chi connectivity index (χ1n) is 19.6. The predicted octanol–water partition coefficient (Wildman–Crippen LogP) is 15.5. The molecule has 1 aliphatic rings. The molecule has 11 aromatic rings. The summed E-state index contributed by atoms with van der Waals surface area (Å²) in [4.78, 5) is 0. The summed E-state index contributed by atoms with van der Waals surface area (Å²) in [6.07, 6.45) is 0. The van der Waals surface area contributed by atoms with Crippen molar-refractivity contribution in [3.8, 4) is 44.5 Å². The van der Waals surface area contributed by atoms with Crippen LogP contribution in [0.15, 0.2) is 186 Å². The summed E-state index contributed by atoms with van der Waals surface area (Å²) in [6.45, 7) is 4.78. The van der Waals surface area contributed by atoms with Crippen LogP contribution in [-0.4, -0.2) is 0 Å². The first-order chi connectivity index (χ1) is 27.6. The molecule has 0 aliphatic heterocycles. The molecule has 0 atom stereocenters. The maximum atomic E-state index is 6.40. The lowest BCUT2D eigenvalue weighted by molar-refractivity contribution is 0.665. The van der Waals surface area contributed by atoms with Gasteiger partial charge in [-0.2, -0.15) is 0 Å². The number of rotatable bonds is 3. The SMILES string of the molecule is CC1(C)c2ccc(-c3ccc(-c4c5ccccc5c(-c5ccccc5)c5ccccc45)c4ccccc34)cc2-c2ccc3ccc4oc5ccccc5c4c3c21. The van der Waals surface area contributed by atoms with Crippen LogP contribution in [0.4, 0.5) is 0 Å². The van der Waals surface area contributed by atoms with Crippen molar-refractivity contribution >= 4 is 65.0 Å². The Hall–Kier alpha value is -6.96. The van der Waals surface area contributed by atoms with Gasteiger partial charge >= 0.3 is 0 Å². The molecule has 1 aliphatic carbocycles. The number of furan rings is 1. The van der Waals surface area contributed by atoms with Crippen LogP contribution in [-0.2, 0) is 5.41 Å². The molecule has 0 fully saturated rings. The van der Waals surface area contributed by atoms with E-state index in [0.29, 0.717) is 0 Å². The Morgan fingerprint density at radius 2 is 0.911 bits per heavy atom. The number of fused-ring (bicyclic) bond motifs is 12. The summed E-state index contributed by atoms with van der Waals surface area (Å²) in [5, 5.41) is 12.6. The molecule has 1 heterocycles. The second kappa shape index (κ2) is 11.5. The van der Waals surface area contributed by atoms with Crippen molar-refractivity contribution in [1.29, 1.82) is 0 Å². The summed E-state index contributed by atoms with van der Waals surface area (Å²) >= 11 is 0. The van der Waals surface area contributed by atoms with Gasteiger partial charge in [-0.3, -0.25) is 0 Å². The monoisotopic (exact) mass is 712 g/mol. The van der Waals surface area contributed by atoms with Crippen molar-refractivity contribution in [2.45, 2.75) is 19.3 Å². The van der Waals surface area contributed by atoms with Crippen molar-refractivity contribution in [3.05, 3.63) is 193 Å². The summed E-state index contributed by atoms with van der Waals surface area (Å²) in [5.74, 6) is 0. The Morgan fingerprint density at radius 1 is 0.357 bits per heavy atom. The Bertz CT molecular complexity index is 3380. The molecular weight excluding hydrogens is 677 g/mol. The van der Waals surface area contributed by atoms with Crippen molar-refractivity contribution in [2.24, 2.45) is 0 Å². The summed E-state index contributed by atoms with van der Waals surface area (Å²) < 4.78 is 6.40. The van der Waals surface area contributed by atoms with Crippen LogP contribution in [0.5, 0.6) is 0 Å². The van der Waals surface area contributed by atoms with Crippen LogP contribution >= 0.6 is 0 Å². The highest BCUT2D eigenvalue weighted by Crippen LogP contribution is 2.54. The molecule has 262 valence electrons. The molecule has 0 spiro atoms. The lowest BCUT2D eigenvalue weighted by atomic mass is 9.79. The number of para-hydroxylation sites is 1. The van der Waals surface area contributed by atoms with E-state index in [9.17, 15) is 0 Å². The molecule has 0 radical (unpaired) electrons. The van der Waals surface area contributed by atoms with Gasteiger partial charge in [-0.05, 0) is 117 Å². The molecule has 1 heteroatoms. The largest absolute Gasteiger partial charge is 0.456 e. The van der Waals surface area contributed by atoms with E-state index in [1.807, 2.05) is 0 Å². The fourth-order valence-corrected chi connectivity index (χ4v) is 10.2. The van der Waals surface area contributed by atoms with Gasteiger partial charge in [-0.25, -0.2) is 0 Å². The van der Waals surface area contributed by atoms with Crippen molar-refractivity contribution < 1.29 is 4.42 Å². The third-order valence-electron chi connectivity index (χ3n) is 12.6. The van der Waals surface area contributed by atoms with Crippen LogP contribution in [0, 0.1) is 0 Å². The van der Waals surface area contributed by atoms with Crippen molar-refractivity contribution in [1.82, 2.24) is 0 Å². The van der Waals surface area contributed by atoms with Gasteiger partial charge in [0.1, 0.15) is 11.2 Å². The van der Waals surface area contributed by atoms with E-state index in [1.54, 1.807) is 0 Å². The van der Waals surface area contributed by atoms with Gasteiger partial charge in [-0.15, -0.1) is 0 Å². The lowest BCUT2D eigenvalue weighted by Gasteiger charge is -2.23. The molecule has 1 aromatic heterocycles. The Kier molecular flexibility index (Phi) is 6.46. The Labute approximate surface area is 325 Å². The topological polar surface area (TPSA) is 13.1 Å². The first-order valence-corrected chi connectivity index (χ1v) is 19.6. The second-order valence-electron chi connectivity index (χ2n) is 15.9. The van der Waals surface area contributed by atoms with E-state index in [0.717, 1.165) is 11.2 Å². The molecule has 12 rings (SSSR count). The van der Waals surface area contributed by atoms with Crippen LogP contribution in [0.25, 0.3) is 110 Å². The van der Waals surface area contributed by atoms with Crippen LogP contribution < -0.4 is 0 Å². The van der Waals surface area contributed by atoms with Gasteiger partial charge in [0.15, 0.2) is 0 Å². The normalized spacial score (nSPS) is 13.3. The smallest absolute Gasteiger partial charge is 0.136 e. The fourth-order valence-electron chi connectivity index (χ4n) is 10.2. The average Bonchev–Trinajstić information content (AvgIpc) is 3.74. The van der Waals surface area contributed by atoms with Crippen molar-refractivity contribution in [2.75, 3.05) is 0 Å². The molecule has 56 heavy (non-hydrogen) atoms. The maximum absolute atomic E-state index is 6.40. The highest BCUT2D eigenvalue weighted by atomic mass is 16.3. The summed E-state index contributed by atoms with van der Waals surface area (Å²) in [6, 6.07) is 67.1. The minimum atomic E-state index is -0.185. The minimum absolute atomic E-state index is 0.185. The van der Waals surface area contributed by atoms with E-state index in [2.05, 4.69) is 196 Å². The zero-order valence-corrected chi connectivity index (χ0v) is 31.2. The zero-order chi connectivity index (χ0) is 37.1. The Balaban J connectivity index is 1.08. The molecule has 0 saturated heterocycles. The fraction of sp³-hybridized carbons (Fsp3) is 0.0545. The van der Waals surface area contributed by atoms with E-state index < -0.39 is 0 Å². The van der Waals surface area contributed by atoms with Gasteiger partial charge in [0, 0.05) is 16.2 Å². The van der Waals surface area contributed by atoms with Crippen LogP contribution in [0.3, 0.4) is 0 Å². The van der Waals surface area contributed by atoms with Gasteiger partial charge in [0.05, 0.1) is 0 Å². The quantitative estimate of drug-likeness (QED) is 0.166. The molecule has 0 N–H and O–H groups in total. The van der Waals surface area contributed by atoms with Gasteiger partial charge in [0.2, 0.25) is 0 Å². The average molecular weight is 713 g/mol. The molecular formula is C55H36O. The summed E-state index contributed by atoms with van der Waals surface area (Å²) in [7, 11) is 0. The molecule has 0 unspecified atom stereocenters. The molecule has 0 bridgehead atoms.